The van der Waals surface area contributed by atoms with Crippen LogP contribution in [0.3, 0.4) is 0 Å². The van der Waals surface area contributed by atoms with Crippen LogP contribution < -0.4 is 0 Å². The first kappa shape index (κ1) is 31.0. The highest BCUT2D eigenvalue weighted by atomic mass is 35.5. The average Bonchev–Trinajstić information content (AvgIpc) is 2.70. The molecule has 3 aliphatic heterocycles. The summed E-state index contributed by atoms with van der Waals surface area (Å²) in [6.07, 6.45) is -0.210. The van der Waals surface area contributed by atoms with Gasteiger partial charge in [-0.3, -0.25) is 4.48 Å². The Kier molecular flexibility index (Phi) is 10.7. The van der Waals surface area contributed by atoms with Crippen LogP contribution in [-0.2, 0) is 5.41 Å². The second-order valence-electron chi connectivity index (χ2n) is 9.99. The van der Waals surface area contributed by atoms with Crippen molar-refractivity contribution in [1.82, 2.24) is 0 Å². The van der Waals surface area contributed by atoms with Crippen molar-refractivity contribution in [2.45, 2.75) is 38.8 Å². The molecule has 3 heterocycles. The van der Waals surface area contributed by atoms with Crippen molar-refractivity contribution in [1.29, 1.82) is 0 Å². The van der Waals surface area contributed by atoms with Crippen molar-refractivity contribution in [3.63, 3.8) is 0 Å². The normalized spacial score (nSPS) is 25.6. The first-order chi connectivity index (χ1) is 15.3. The third-order valence-corrected chi connectivity index (χ3v) is 6.90. The van der Waals surface area contributed by atoms with Crippen molar-refractivity contribution in [2.24, 2.45) is 0 Å². The Hall–Kier alpha value is -1.07. The number of hydrogen-bond donors (Lipinski definition) is 0. The van der Waals surface area contributed by atoms with Gasteiger partial charge < -0.3 is 39.0 Å². The Labute approximate surface area is 200 Å². The van der Waals surface area contributed by atoms with Crippen LogP contribution in [0.4, 0.5) is 38.9 Å². The summed E-state index contributed by atoms with van der Waals surface area (Å²) >= 11 is 6.16. The van der Waals surface area contributed by atoms with E-state index in [0.717, 1.165) is 27.1 Å². The summed E-state index contributed by atoms with van der Waals surface area (Å²) in [7, 11) is -12.0. The molecule has 0 aliphatic carbocycles. The van der Waals surface area contributed by atoms with Crippen molar-refractivity contribution in [3.8, 4) is 0 Å². The molecule has 0 saturated carbocycles. The molecule has 3 saturated heterocycles. The Morgan fingerprint density at radius 1 is 0.765 bits per heavy atom. The smallest absolute Gasteiger partial charge is 0.418 e. The molecular formula is C20H32B2ClF9N2. The van der Waals surface area contributed by atoms with Gasteiger partial charge in [0, 0.05) is 6.42 Å². The van der Waals surface area contributed by atoms with E-state index < -0.39 is 20.7 Å². The summed E-state index contributed by atoms with van der Waals surface area (Å²) < 4.78 is 94.9. The fourth-order valence-electron chi connectivity index (χ4n) is 4.20. The molecule has 1 atom stereocenters. The molecule has 0 radical (unpaired) electrons. The predicted molar refractivity (Wildman–Crippen MR) is 119 cm³/mol. The van der Waals surface area contributed by atoms with E-state index in [9.17, 15) is 38.9 Å². The van der Waals surface area contributed by atoms with Crippen LogP contribution in [0.15, 0.2) is 24.3 Å². The highest BCUT2D eigenvalue weighted by molar-refractivity contribution is 6.50. The summed E-state index contributed by atoms with van der Waals surface area (Å²) in [5.41, 5.74) is 2.22. The van der Waals surface area contributed by atoms with E-state index in [1.165, 1.54) is 44.8 Å². The van der Waals surface area contributed by atoms with Gasteiger partial charge in [0.25, 0.3) is 0 Å². The second-order valence-corrected chi connectivity index (χ2v) is 10.2. The maximum absolute atomic E-state index is 14.7. The number of piperazine rings is 3. The summed E-state index contributed by atoms with van der Waals surface area (Å²) in [6, 6.07) is 8.87. The highest BCUT2D eigenvalue weighted by Gasteiger charge is 2.48. The molecule has 0 amide bonds. The van der Waals surface area contributed by atoms with Crippen LogP contribution in [0.25, 0.3) is 0 Å². The van der Waals surface area contributed by atoms with E-state index in [1.54, 1.807) is 0 Å². The number of alkyl halides is 2. The summed E-state index contributed by atoms with van der Waals surface area (Å²) in [5.74, 6) is 0. The van der Waals surface area contributed by atoms with Gasteiger partial charge in [-0.05, 0) is 16.5 Å². The minimum absolute atomic E-state index is 0.123. The average molecular weight is 529 g/mol. The highest BCUT2D eigenvalue weighted by Crippen LogP contribution is 2.31. The third-order valence-electron chi connectivity index (χ3n) is 6.39. The van der Waals surface area contributed by atoms with Crippen LogP contribution in [0, 0.1) is 0 Å². The van der Waals surface area contributed by atoms with Gasteiger partial charge in [0.15, 0.2) is 6.00 Å². The van der Waals surface area contributed by atoms with Crippen LogP contribution in [-0.4, -0.2) is 75.3 Å². The standard InChI is InChI=1S/C20H32ClFN2.2BF4/c1-20(2,3)18-6-4-17(5-7-18)19(22)8-9-23-10-13-24(16-21,14-11-23)15-12-23;2*2-1(3,4)5/h4-7,19H,8-16H2,1-3H3;;/q+2;2*-1. The lowest BCUT2D eigenvalue weighted by atomic mass is 9.86. The molecule has 3 fully saturated rings. The van der Waals surface area contributed by atoms with Gasteiger partial charge in [-0.2, -0.15) is 0 Å². The lowest BCUT2D eigenvalue weighted by molar-refractivity contribution is -1.08. The number of quaternary nitrogens is 2. The SMILES string of the molecule is CC(C)(C)c1ccc(C(F)CC[N+]23CC[N+](CCl)(CC2)CC3)cc1.F[B-](F)(F)F.F[B-](F)(F)F. The van der Waals surface area contributed by atoms with Crippen molar-refractivity contribution >= 4 is 26.1 Å². The quantitative estimate of drug-likeness (QED) is 0.129. The van der Waals surface area contributed by atoms with Gasteiger partial charge in [0.2, 0.25) is 0 Å². The molecule has 2 bridgehead atoms. The van der Waals surface area contributed by atoms with E-state index in [4.69, 9.17) is 11.6 Å². The molecule has 1 aromatic carbocycles. The number of benzene rings is 1. The Morgan fingerprint density at radius 2 is 1.12 bits per heavy atom. The Bertz CT molecular complexity index is 704. The van der Waals surface area contributed by atoms with Gasteiger partial charge in [-0.15, -0.1) is 0 Å². The molecule has 1 unspecified atom stereocenters. The fraction of sp³-hybridized carbons (Fsp3) is 0.700. The van der Waals surface area contributed by atoms with Gasteiger partial charge >= 0.3 is 14.5 Å². The number of nitrogens with zero attached hydrogens (tertiary/aromatic N) is 2. The van der Waals surface area contributed by atoms with E-state index >= 15 is 0 Å². The molecule has 198 valence electrons. The molecule has 1 aromatic rings. The molecule has 34 heavy (non-hydrogen) atoms. The molecular weight excluding hydrogens is 496 g/mol. The monoisotopic (exact) mass is 528 g/mol. The molecule has 4 rings (SSSR count). The minimum Gasteiger partial charge on any atom is -0.418 e. The lowest BCUT2D eigenvalue weighted by Crippen LogP contribution is -2.74. The molecule has 0 aromatic heterocycles. The lowest BCUT2D eigenvalue weighted by Gasteiger charge is -2.55. The number of halogens is 10. The third kappa shape index (κ3) is 11.6. The Morgan fingerprint density at radius 3 is 1.44 bits per heavy atom. The van der Waals surface area contributed by atoms with Crippen LogP contribution in [0.5, 0.6) is 0 Å². The minimum atomic E-state index is -6.00. The summed E-state index contributed by atoms with van der Waals surface area (Å²) in [5, 5.41) is 0. The summed E-state index contributed by atoms with van der Waals surface area (Å²) in [6.45, 7) is 14.5. The fourth-order valence-corrected chi connectivity index (χ4v) is 4.56. The zero-order valence-electron chi connectivity index (χ0n) is 19.6. The van der Waals surface area contributed by atoms with Crippen molar-refractivity contribution in [3.05, 3.63) is 35.4 Å². The molecule has 0 N–H and O–H groups in total. The van der Waals surface area contributed by atoms with E-state index in [2.05, 4.69) is 32.9 Å². The first-order valence-corrected chi connectivity index (χ1v) is 11.6. The Balaban J connectivity index is 0.000000489. The largest absolute Gasteiger partial charge is 0.673 e. The maximum Gasteiger partial charge on any atom is 0.673 e. The molecule has 14 heteroatoms. The number of hydrogen-bond acceptors (Lipinski definition) is 0. The topological polar surface area (TPSA) is 0 Å². The van der Waals surface area contributed by atoms with Gasteiger partial charge in [-0.25, -0.2) is 4.39 Å². The van der Waals surface area contributed by atoms with Crippen molar-refractivity contribution < 1.29 is 47.9 Å². The second kappa shape index (κ2) is 11.8. The number of fused-ring (bicyclic) bond motifs is 3. The number of rotatable bonds is 5. The van der Waals surface area contributed by atoms with Crippen molar-refractivity contribution in [2.75, 3.05) is 51.8 Å². The van der Waals surface area contributed by atoms with Gasteiger partial charge in [0.1, 0.15) is 45.4 Å². The summed E-state index contributed by atoms with van der Waals surface area (Å²) in [4.78, 5) is 0. The zero-order valence-corrected chi connectivity index (χ0v) is 20.3. The van der Waals surface area contributed by atoms with Crippen LogP contribution in [0.1, 0.15) is 44.5 Å². The van der Waals surface area contributed by atoms with E-state index in [-0.39, 0.29) is 5.41 Å². The molecule has 3 aliphatic rings. The van der Waals surface area contributed by atoms with E-state index in [1.807, 2.05) is 12.1 Å². The van der Waals surface area contributed by atoms with E-state index in [0.29, 0.717) is 6.42 Å². The zero-order chi connectivity index (χ0) is 26.4. The molecule has 2 nitrogen and oxygen atoms in total. The van der Waals surface area contributed by atoms with Gasteiger partial charge in [-0.1, -0.05) is 56.6 Å². The predicted octanol–water partition coefficient (Wildman–Crippen LogP) is 6.84. The first-order valence-electron chi connectivity index (χ1n) is 11.0. The molecule has 0 spiro atoms. The maximum atomic E-state index is 14.7. The van der Waals surface area contributed by atoms with Gasteiger partial charge in [0.05, 0.1) is 6.54 Å². The van der Waals surface area contributed by atoms with Crippen LogP contribution in [0.2, 0.25) is 0 Å². The van der Waals surface area contributed by atoms with Crippen LogP contribution >= 0.6 is 11.6 Å².